The Kier molecular flexibility index (Phi) is 5.83. The normalized spacial score (nSPS) is 10.2. The molecule has 5 heteroatoms. The van der Waals surface area contributed by atoms with E-state index in [2.05, 4.69) is 10.3 Å². The molecule has 0 spiro atoms. The van der Waals surface area contributed by atoms with E-state index in [0.717, 1.165) is 11.1 Å². The topological polar surface area (TPSA) is 60.5 Å². The minimum Gasteiger partial charge on any atom is -0.484 e. The van der Waals surface area contributed by atoms with Crippen LogP contribution in [0, 0.1) is 6.92 Å². The molecule has 26 heavy (non-hydrogen) atoms. The summed E-state index contributed by atoms with van der Waals surface area (Å²) >= 11 is 0. The number of nitrogens with one attached hydrogen (secondary N) is 1. The molecule has 0 bridgehead atoms. The van der Waals surface area contributed by atoms with Crippen LogP contribution >= 0.6 is 0 Å². The van der Waals surface area contributed by atoms with E-state index >= 15 is 0 Å². The van der Waals surface area contributed by atoms with Crippen molar-refractivity contribution in [2.45, 2.75) is 13.5 Å². The molecular weight excluding hydrogens is 328 g/mol. The number of aryl methyl sites for hydroxylation is 1. The largest absolute Gasteiger partial charge is 0.484 e. The van der Waals surface area contributed by atoms with Gasteiger partial charge in [-0.2, -0.15) is 0 Å². The van der Waals surface area contributed by atoms with Crippen molar-refractivity contribution < 1.29 is 14.3 Å². The zero-order chi connectivity index (χ0) is 18.2. The van der Waals surface area contributed by atoms with Crippen LogP contribution in [-0.4, -0.2) is 17.5 Å². The summed E-state index contributed by atoms with van der Waals surface area (Å²) in [5, 5.41) is 2.84. The summed E-state index contributed by atoms with van der Waals surface area (Å²) in [6, 6.07) is 20.6. The fraction of sp³-hybridized carbons (Fsp3) is 0.143. The lowest BCUT2D eigenvalue weighted by atomic mass is 10.2. The molecular formula is C21H20N2O3. The molecule has 1 aromatic heterocycles. The van der Waals surface area contributed by atoms with Crippen molar-refractivity contribution in [2.75, 3.05) is 6.61 Å². The van der Waals surface area contributed by atoms with Crippen LogP contribution < -0.4 is 14.8 Å². The summed E-state index contributed by atoms with van der Waals surface area (Å²) in [7, 11) is 0. The molecule has 0 aliphatic carbocycles. The Morgan fingerprint density at radius 2 is 1.85 bits per heavy atom. The van der Waals surface area contributed by atoms with Crippen LogP contribution in [0.1, 0.15) is 11.1 Å². The zero-order valence-corrected chi connectivity index (χ0v) is 14.5. The van der Waals surface area contributed by atoms with Crippen LogP contribution in [0.4, 0.5) is 0 Å². The van der Waals surface area contributed by atoms with E-state index in [1.807, 2.05) is 67.6 Å². The average Bonchev–Trinajstić information content (AvgIpc) is 2.66. The van der Waals surface area contributed by atoms with E-state index in [1.165, 1.54) is 0 Å². The van der Waals surface area contributed by atoms with E-state index in [1.54, 1.807) is 12.3 Å². The van der Waals surface area contributed by atoms with Crippen molar-refractivity contribution in [1.29, 1.82) is 0 Å². The minimum absolute atomic E-state index is 0.0203. The third-order valence-corrected chi connectivity index (χ3v) is 3.61. The summed E-state index contributed by atoms with van der Waals surface area (Å²) < 4.78 is 11.2. The van der Waals surface area contributed by atoms with Gasteiger partial charge in [0.25, 0.3) is 5.91 Å². The number of rotatable bonds is 7. The first-order valence-electron chi connectivity index (χ1n) is 8.33. The number of hydrogen-bond donors (Lipinski definition) is 1. The Hall–Kier alpha value is -3.34. The van der Waals surface area contributed by atoms with Crippen molar-refractivity contribution in [2.24, 2.45) is 0 Å². The van der Waals surface area contributed by atoms with Crippen molar-refractivity contribution in [1.82, 2.24) is 10.3 Å². The Morgan fingerprint density at radius 3 is 2.65 bits per heavy atom. The van der Waals surface area contributed by atoms with Gasteiger partial charge in [-0.25, -0.2) is 4.98 Å². The highest BCUT2D eigenvalue weighted by molar-refractivity contribution is 5.77. The van der Waals surface area contributed by atoms with Gasteiger partial charge >= 0.3 is 0 Å². The second-order valence-electron chi connectivity index (χ2n) is 5.80. The highest BCUT2D eigenvalue weighted by Crippen LogP contribution is 2.20. The van der Waals surface area contributed by atoms with Gasteiger partial charge in [0.2, 0.25) is 5.88 Å². The number of benzene rings is 2. The Morgan fingerprint density at radius 1 is 1.00 bits per heavy atom. The fourth-order valence-electron chi connectivity index (χ4n) is 2.35. The first-order chi connectivity index (χ1) is 12.7. The third-order valence-electron chi connectivity index (χ3n) is 3.61. The van der Waals surface area contributed by atoms with Crippen LogP contribution in [0.5, 0.6) is 17.4 Å². The van der Waals surface area contributed by atoms with E-state index in [-0.39, 0.29) is 12.5 Å². The highest BCUT2D eigenvalue weighted by Gasteiger charge is 2.05. The van der Waals surface area contributed by atoms with Crippen molar-refractivity contribution >= 4 is 5.91 Å². The van der Waals surface area contributed by atoms with Crippen molar-refractivity contribution in [3.63, 3.8) is 0 Å². The van der Waals surface area contributed by atoms with Gasteiger partial charge in [0.1, 0.15) is 11.5 Å². The maximum Gasteiger partial charge on any atom is 0.258 e. The first kappa shape index (κ1) is 17.5. The van der Waals surface area contributed by atoms with Gasteiger partial charge in [-0.1, -0.05) is 30.3 Å². The number of aromatic nitrogens is 1. The van der Waals surface area contributed by atoms with E-state index < -0.39 is 0 Å². The number of hydrogen-bond acceptors (Lipinski definition) is 4. The molecule has 3 rings (SSSR count). The van der Waals surface area contributed by atoms with Gasteiger partial charge in [0.05, 0.1) is 0 Å². The Labute approximate surface area is 152 Å². The smallest absolute Gasteiger partial charge is 0.258 e. The summed E-state index contributed by atoms with van der Waals surface area (Å²) in [5.41, 5.74) is 2.02. The molecule has 0 aliphatic heterocycles. The maximum atomic E-state index is 12.0. The Bertz CT molecular complexity index is 866. The quantitative estimate of drug-likeness (QED) is 0.704. The zero-order valence-electron chi connectivity index (χ0n) is 14.5. The molecule has 0 saturated carbocycles. The van der Waals surface area contributed by atoms with Gasteiger partial charge in [0, 0.05) is 18.8 Å². The lowest BCUT2D eigenvalue weighted by molar-refractivity contribution is -0.123. The first-order valence-corrected chi connectivity index (χ1v) is 8.33. The molecule has 0 unspecified atom stereocenters. The third kappa shape index (κ3) is 5.34. The second kappa shape index (κ2) is 8.67. The molecule has 132 valence electrons. The molecule has 2 aromatic carbocycles. The SMILES string of the molecule is Cc1cccc(OCC(=O)NCc2cccc(Oc3ccccn3)c2)c1. The molecule has 0 fully saturated rings. The van der Waals surface area contributed by atoms with Gasteiger partial charge in [-0.3, -0.25) is 4.79 Å². The van der Waals surface area contributed by atoms with Gasteiger partial charge < -0.3 is 14.8 Å². The van der Waals surface area contributed by atoms with Crippen LogP contribution in [0.2, 0.25) is 0 Å². The number of carbonyl (C=O) groups is 1. The van der Waals surface area contributed by atoms with Crippen LogP contribution in [0.25, 0.3) is 0 Å². The second-order valence-corrected chi connectivity index (χ2v) is 5.80. The van der Waals surface area contributed by atoms with Crippen molar-refractivity contribution in [3.8, 4) is 17.4 Å². The van der Waals surface area contributed by atoms with Gasteiger partial charge in [0.15, 0.2) is 6.61 Å². The average molecular weight is 348 g/mol. The number of carbonyl (C=O) groups excluding carboxylic acids is 1. The Balaban J connectivity index is 1.49. The molecule has 0 radical (unpaired) electrons. The van der Waals surface area contributed by atoms with Gasteiger partial charge in [-0.05, 0) is 48.4 Å². The van der Waals surface area contributed by atoms with Crippen LogP contribution in [0.3, 0.4) is 0 Å². The van der Waals surface area contributed by atoms with E-state index in [0.29, 0.717) is 23.9 Å². The minimum atomic E-state index is -0.178. The van der Waals surface area contributed by atoms with Crippen molar-refractivity contribution in [3.05, 3.63) is 84.1 Å². The summed E-state index contributed by atoms with van der Waals surface area (Å²) in [6.45, 7) is 2.36. The lowest BCUT2D eigenvalue weighted by Gasteiger charge is -2.09. The van der Waals surface area contributed by atoms with Gasteiger partial charge in [-0.15, -0.1) is 0 Å². The standard InChI is InChI=1S/C21H20N2O3/c1-16-6-4-8-18(12-16)25-15-20(24)23-14-17-7-5-9-19(13-17)26-21-10-2-3-11-22-21/h2-13H,14-15H2,1H3,(H,23,24). The predicted octanol–water partition coefficient (Wildman–Crippen LogP) is 3.88. The molecule has 1 heterocycles. The molecule has 1 N–H and O–H groups in total. The van der Waals surface area contributed by atoms with E-state index in [4.69, 9.17) is 9.47 Å². The molecule has 1 amide bonds. The number of pyridine rings is 1. The summed E-state index contributed by atoms with van der Waals surface area (Å²) in [5.74, 6) is 1.71. The molecule has 0 atom stereocenters. The highest BCUT2D eigenvalue weighted by atomic mass is 16.5. The summed E-state index contributed by atoms with van der Waals surface area (Å²) in [6.07, 6.45) is 1.67. The molecule has 0 saturated heterocycles. The summed E-state index contributed by atoms with van der Waals surface area (Å²) in [4.78, 5) is 16.1. The predicted molar refractivity (Wildman–Crippen MR) is 99.3 cm³/mol. The molecule has 0 aliphatic rings. The number of amides is 1. The van der Waals surface area contributed by atoms with E-state index in [9.17, 15) is 4.79 Å². The monoisotopic (exact) mass is 348 g/mol. The number of nitrogens with zero attached hydrogens (tertiary/aromatic N) is 1. The molecule has 5 nitrogen and oxygen atoms in total. The maximum absolute atomic E-state index is 12.0. The van der Waals surface area contributed by atoms with Crippen LogP contribution in [0.15, 0.2) is 72.9 Å². The van der Waals surface area contributed by atoms with Crippen LogP contribution in [-0.2, 0) is 11.3 Å². The fourth-order valence-corrected chi connectivity index (χ4v) is 2.35. The molecule has 3 aromatic rings. The lowest BCUT2D eigenvalue weighted by Crippen LogP contribution is -2.28. The number of ether oxygens (including phenoxy) is 2.